The summed E-state index contributed by atoms with van der Waals surface area (Å²) in [6.45, 7) is 2.73. The molecule has 0 radical (unpaired) electrons. The van der Waals surface area contributed by atoms with Gasteiger partial charge in [-0.25, -0.2) is 9.37 Å². The Hall–Kier alpha value is -1.65. The highest BCUT2D eigenvalue weighted by Crippen LogP contribution is 2.26. The molecule has 106 valence electrons. The molecule has 1 aromatic carbocycles. The first-order valence-corrected chi connectivity index (χ1v) is 6.87. The summed E-state index contributed by atoms with van der Waals surface area (Å²) >= 11 is 5.98. The van der Waals surface area contributed by atoms with Gasteiger partial charge in [0.15, 0.2) is 0 Å². The SMILES string of the molecule is CCNC(Cc1ccccc1F)c1cc(Cl)cnc1N. The Bertz CT molecular complexity index is 589. The van der Waals surface area contributed by atoms with E-state index in [0.29, 0.717) is 22.8 Å². The van der Waals surface area contributed by atoms with Crippen molar-refractivity contribution in [2.24, 2.45) is 0 Å². The van der Waals surface area contributed by atoms with Crippen LogP contribution < -0.4 is 11.1 Å². The summed E-state index contributed by atoms with van der Waals surface area (Å²) in [5.41, 5.74) is 7.34. The van der Waals surface area contributed by atoms with Crippen LogP contribution in [0.4, 0.5) is 10.2 Å². The molecular formula is C15H17ClFN3. The third-order valence-electron chi connectivity index (χ3n) is 3.12. The highest BCUT2D eigenvalue weighted by atomic mass is 35.5. The Kier molecular flexibility index (Phi) is 4.93. The predicted molar refractivity (Wildman–Crippen MR) is 80.2 cm³/mol. The first kappa shape index (κ1) is 14.8. The van der Waals surface area contributed by atoms with Gasteiger partial charge in [0.05, 0.1) is 5.02 Å². The maximum atomic E-state index is 13.8. The fraction of sp³-hybridized carbons (Fsp3) is 0.267. The number of benzene rings is 1. The van der Waals surface area contributed by atoms with E-state index in [9.17, 15) is 4.39 Å². The summed E-state index contributed by atoms with van der Waals surface area (Å²) in [6, 6.07) is 8.38. The van der Waals surface area contributed by atoms with Gasteiger partial charge in [0, 0.05) is 17.8 Å². The topological polar surface area (TPSA) is 50.9 Å². The Labute approximate surface area is 123 Å². The molecule has 0 aliphatic rings. The van der Waals surface area contributed by atoms with Crippen LogP contribution in [0.25, 0.3) is 0 Å². The molecule has 1 aromatic heterocycles. The normalized spacial score (nSPS) is 12.3. The lowest BCUT2D eigenvalue weighted by atomic mass is 9.99. The average Bonchev–Trinajstić information content (AvgIpc) is 2.43. The summed E-state index contributed by atoms with van der Waals surface area (Å²) in [5.74, 6) is 0.195. The molecule has 1 unspecified atom stereocenters. The van der Waals surface area contributed by atoms with Gasteiger partial charge >= 0.3 is 0 Å². The van der Waals surface area contributed by atoms with Crippen molar-refractivity contribution in [2.75, 3.05) is 12.3 Å². The first-order valence-electron chi connectivity index (χ1n) is 6.49. The summed E-state index contributed by atoms with van der Waals surface area (Å²) in [4.78, 5) is 4.06. The molecule has 0 aliphatic carbocycles. The van der Waals surface area contributed by atoms with E-state index in [1.165, 1.54) is 12.3 Å². The smallest absolute Gasteiger partial charge is 0.128 e. The Morgan fingerprint density at radius 1 is 1.40 bits per heavy atom. The van der Waals surface area contributed by atoms with Gasteiger partial charge in [-0.15, -0.1) is 0 Å². The fourth-order valence-corrected chi connectivity index (χ4v) is 2.33. The minimum Gasteiger partial charge on any atom is -0.383 e. The summed E-state index contributed by atoms with van der Waals surface area (Å²) in [5, 5.41) is 3.82. The minimum absolute atomic E-state index is 0.122. The zero-order valence-corrected chi connectivity index (χ0v) is 12.0. The van der Waals surface area contributed by atoms with Crippen molar-refractivity contribution in [2.45, 2.75) is 19.4 Å². The molecule has 0 spiro atoms. The molecule has 0 saturated heterocycles. The van der Waals surface area contributed by atoms with Gasteiger partial charge in [-0.1, -0.05) is 36.7 Å². The van der Waals surface area contributed by atoms with Gasteiger partial charge in [0.2, 0.25) is 0 Å². The number of nitrogens with zero attached hydrogens (tertiary/aromatic N) is 1. The maximum absolute atomic E-state index is 13.8. The number of anilines is 1. The van der Waals surface area contributed by atoms with Crippen molar-refractivity contribution >= 4 is 17.4 Å². The van der Waals surface area contributed by atoms with Crippen molar-refractivity contribution in [3.8, 4) is 0 Å². The third kappa shape index (κ3) is 3.46. The number of hydrogen-bond donors (Lipinski definition) is 2. The predicted octanol–water partition coefficient (Wildman–Crippen LogP) is 3.35. The number of likely N-dealkylation sites (N-methyl/N-ethyl adjacent to an activating group) is 1. The van der Waals surface area contributed by atoms with Gasteiger partial charge < -0.3 is 11.1 Å². The standard InChI is InChI=1S/C15H17ClFN3/c1-2-19-14(7-10-5-3-4-6-13(10)17)12-8-11(16)9-20-15(12)18/h3-6,8-9,14,19H,2,7H2,1H3,(H2,18,20). The number of halogens is 2. The lowest BCUT2D eigenvalue weighted by Gasteiger charge is -2.20. The van der Waals surface area contributed by atoms with Crippen LogP contribution in [-0.2, 0) is 6.42 Å². The van der Waals surface area contributed by atoms with E-state index in [1.54, 1.807) is 18.2 Å². The van der Waals surface area contributed by atoms with E-state index in [2.05, 4.69) is 10.3 Å². The van der Waals surface area contributed by atoms with Gasteiger partial charge in [-0.3, -0.25) is 0 Å². The molecule has 1 atom stereocenters. The van der Waals surface area contributed by atoms with Crippen LogP contribution in [-0.4, -0.2) is 11.5 Å². The number of nitrogens with one attached hydrogen (secondary N) is 1. The summed E-state index contributed by atoms with van der Waals surface area (Å²) in [7, 11) is 0. The molecule has 2 aromatic rings. The third-order valence-corrected chi connectivity index (χ3v) is 3.33. The first-order chi connectivity index (χ1) is 9.61. The second-order valence-corrected chi connectivity index (χ2v) is 4.97. The number of nitrogen functional groups attached to an aromatic ring is 1. The van der Waals surface area contributed by atoms with E-state index in [1.807, 2.05) is 13.0 Å². The van der Waals surface area contributed by atoms with E-state index >= 15 is 0 Å². The molecule has 1 heterocycles. The summed E-state index contributed by atoms with van der Waals surface area (Å²) in [6.07, 6.45) is 2.00. The van der Waals surface area contributed by atoms with Crippen LogP contribution >= 0.6 is 11.6 Å². The Morgan fingerprint density at radius 3 is 2.85 bits per heavy atom. The molecule has 0 fully saturated rings. The molecule has 0 amide bonds. The average molecular weight is 294 g/mol. The van der Waals surface area contributed by atoms with Crippen LogP contribution in [0, 0.1) is 5.82 Å². The molecule has 5 heteroatoms. The number of pyridine rings is 1. The second kappa shape index (κ2) is 6.68. The minimum atomic E-state index is -0.219. The molecular weight excluding hydrogens is 277 g/mol. The number of hydrogen-bond acceptors (Lipinski definition) is 3. The molecule has 0 aliphatic heterocycles. The molecule has 0 bridgehead atoms. The molecule has 2 rings (SSSR count). The second-order valence-electron chi connectivity index (χ2n) is 4.53. The Morgan fingerprint density at radius 2 is 2.15 bits per heavy atom. The Balaban J connectivity index is 2.32. The highest BCUT2D eigenvalue weighted by Gasteiger charge is 2.17. The number of rotatable bonds is 5. The van der Waals surface area contributed by atoms with E-state index in [-0.39, 0.29) is 11.9 Å². The fourth-order valence-electron chi connectivity index (χ4n) is 2.17. The van der Waals surface area contributed by atoms with Gasteiger partial charge in [-0.05, 0) is 30.7 Å². The van der Waals surface area contributed by atoms with E-state index in [0.717, 1.165) is 12.1 Å². The van der Waals surface area contributed by atoms with Crippen molar-refractivity contribution in [1.82, 2.24) is 10.3 Å². The molecule has 3 nitrogen and oxygen atoms in total. The molecule has 3 N–H and O–H groups in total. The number of aromatic nitrogens is 1. The largest absolute Gasteiger partial charge is 0.383 e. The molecule has 20 heavy (non-hydrogen) atoms. The van der Waals surface area contributed by atoms with Crippen molar-refractivity contribution in [1.29, 1.82) is 0 Å². The van der Waals surface area contributed by atoms with E-state index in [4.69, 9.17) is 17.3 Å². The quantitative estimate of drug-likeness (QED) is 0.889. The van der Waals surface area contributed by atoms with Gasteiger partial charge in [0.25, 0.3) is 0 Å². The lowest BCUT2D eigenvalue weighted by Crippen LogP contribution is -2.24. The highest BCUT2D eigenvalue weighted by molar-refractivity contribution is 6.30. The zero-order valence-electron chi connectivity index (χ0n) is 11.2. The van der Waals surface area contributed by atoms with Crippen LogP contribution in [0.5, 0.6) is 0 Å². The monoisotopic (exact) mass is 293 g/mol. The van der Waals surface area contributed by atoms with Crippen molar-refractivity contribution in [3.63, 3.8) is 0 Å². The van der Waals surface area contributed by atoms with Crippen molar-refractivity contribution < 1.29 is 4.39 Å². The van der Waals surface area contributed by atoms with E-state index < -0.39 is 0 Å². The van der Waals surface area contributed by atoms with Crippen LogP contribution in [0.1, 0.15) is 24.1 Å². The van der Waals surface area contributed by atoms with Crippen molar-refractivity contribution in [3.05, 3.63) is 58.5 Å². The summed E-state index contributed by atoms with van der Waals surface area (Å²) < 4.78 is 13.8. The van der Waals surface area contributed by atoms with Gasteiger partial charge in [0.1, 0.15) is 11.6 Å². The van der Waals surface area contributed by atoms with Gasteiger partial charge in [-0.2, -0.15) is 0 Å². The lowest BCUT2D eigenvalue weighted by molar-refractivity contribution is 0.528. The maximum Gasteiger partial charge on any atom is 0.128 e. The molecule has 0 saturated carbocycles. The number of nitrogens with two attached hydrogens (primary N) is 1. The van der Waals surface area contributed by atoms with Crippen LogP contribution in [0.15, 0.2) is 36.5 Å². The zero-order chi connectivity index (χ0) is 14.5. The van der Waals surface area contributed by atoms with Crippen LogP contribution in [0.3, 0.4) is 0 Å². The van der Waals surface area contributed by atoms with Crippen LogP contribution in [0.2, 0.25) is 5.02 Å².